The van der Waals surface area contributed by atoms with E-state index in [9.17, 15) is 14.4 Å². The molecule has 3 amide bonds. The molecule has 90 valence electrons. The van der Waals surface area contributed by atoms with Gasteiger partial charge in [-0.05, 0) is 24.3 Å². The highest BCUT2D eigenvalue weighted by Gasteiger charge is 2.49. The molecule has 2 aliphatic rings. The number of urea groups is 1. The van der Waals surface area contributed by atoms with Gasteiger partial charge in [-0.15, -0.1) is 0 Å². The van der Waals surface area contributed by atoms with Gasteiger partial charge in [-0.3, -0.25) is 9.69 Å². The fourth-order valence-electron chi connectivity index (χ4n) is 2.09. The van der Waals surface area contributed by atoms with Crippen LogP contribution in [0.1, 0.15) is 6.42 Å². The Hall–Kier alpha value is -2.11. The second-order valence-electron chi connectivity index (χ2n) is 4.00. The second kappa shape index (κ2) is 4.40. The van der Waals surface area contributed by atoms with Gasteiger partial charge in [-0.2, -0.15) is 0 Å². The number of nitrogens with two attached hydrogens (primary N) is 1. The van der Waals surface area contributed by atoms with E-state index in [1.165, 1.54) is 0 Å². The second-order valence-corrected chi connectivity index (χ2v) is 4.00. The Morgan fingerprint density at radius 2 is 2.41 bits per heavy atom. The molecule has 0 aromatic carbocycles. The first kappa shape index (κ1) is 11.4. The van der Waals surface area contributed by atoms with Crippen LogP contribution >= 0.6 is 0 Å². The minimum Gasteiger partial charge on any atom is -0.387 e. The summed E-state index contributed by atoms with van der Waals surface area (Å²) in [7, 11) is 0. The van der Waals surface area contributed by atoms with Gasteiger partial charge in [-0.25, -0.2) is 4.79 Å². The minimum atomic E-state index is -0.863. The first-order chi connectivity index (χ1) is 8.15. The molecule has 0 bridgehead atoms. The van der Waals surface area contributed by atoms with E-state index in [1.54, 1.807) is 6.20 Å². The molecule has 0 radical (unpaired) electrons. The fraction of sp³-hybridized carbons (Fsp3) is 0.364. The van der Waals surface area contributed by atoms with Gasteiger partial charge in [-0.1, -0.05) is 6.08 Å². The van der Waals surface area contributed by atoms with E-state index < -0.39 is 18.0 Å². The van der Waals surface area contributed by atoms with Crippen molar-refractivity contribution < 1.29 is 14.4 Å². The van der Waals surface area contributed by atoms with Crippen LogP contribution in [-0.4, -0.2) is 35.7 Å². The maximum Gasteiger partial charge on any atom is 0.322 e. The highest BCUT2D eigenvalue weighted by atomic mass is 16.2. The van der Waals surface area contributed by atoms with E-state index in [4.69, 9.17) is 5.73 Å². The highest BCUT2D eigenvalue weighted by Crippen LogP contribution is 2.31. The Labute approximate surface area is 98.1 Å². The predicted molar refractivity (Wildman–Crippen MR) is 59.6 cm³/mol. The third kappa shape index (κ3) is 1.93. The molecule has 0 aromatic rings. The number of hydrogen-bond acceptors (Lipinski definition) is 4. The molecule has 1 fully saturated rings. The molecule has 2 heterocycles. The lowest BCUT2D eigenvalue weighted by Gasteiger charge is -2.41. The van der Waals surface area contributed by atoms with Crippen LogP contribution in [0.25, 0.3) is 0 Å². The number of nitrogens with zero attached hydrogens (tertiary/aromatic N) is 1. The van der Waals surface area contributed by atoms with Gasteiger partial charge in [0, 0.05) is 6.54 Å². The van der Waals surface area contributed by atoms with Crippen LogP contribution in [0.2, 0.25) is 0 Å². The maximum atomic E-state index is 11.6. The number of hydrogen-bond donors (Lipinski definition) is 2. The van der Waals surface area contributed by atoms with E-state index in [-0.39, 0.29) is 5.91 Å². The number of carbonyl (C=O) groups is 3. The summed E-state index contributed by atoms with van der Waals surface area (Å²) in [5.74, 6) is -0.837. The lowest BCUT2D eigenvalue weighted by molar-refractivity contribution is -0.152. The number of imide groups is 1. The Morgan fingerprint density at radius 1 is 1.65 bits per heavy atom. The lowest BCUT2D eigenvalue weighted by atomic mass is 9.83. The van der Waals surface area contributed by atoms with Crippen molar-refractivity contribution in [3.8, 4) is 0 Å². The molecule has 3 N–H and O–H groups in total. The van der Waals surface area contributed by atoms with Crippen molar-refractivity contribution in [3.63, 3.8) is 0 Å². The summed E-state index contributed by atoms with van der Waals surface area (Å²) in [5.41, 5.74) is 6.00. The molecule has 17 heavy (non-hydrogen) atoms. The summed E-state index contributed by atoms with van der Waals surface area (Å²) in [6, 6.07) is -1.58. The van der Waals surface area contributed by atoms with Crippen LogP contribution in [0, 0.1) is 5.92 Å². The zero-order valence-electron chi connectivity index (χ0n) is 9.13. The largest absolute Gasteiger partial charge is 0.387 e. The average molecular weight is 235 g/mol. The number of aldehydes is 1. The normalized spacial score (nSPS) is 26.9. The van der Waals surface area contributed by atoms with Crippen LogP contribution in [0.15, 0.2) is 23.9 Å². The molecule has 0 aliphatic carbocycles. The van der Waals surface area contributed by atoms with E-state index in [1.807, 2.05) is 12.2 Å². The van der Waals surface area contributed by atoms with Crippen LogP contribution < -0.4 is 11.1 Å². The smallest absolute Gasteiger partial charge is 0.322 e. The monoisotopic (exact) mass is 235 g/mol. The molecule has 0 saturated carbocycles. The predicted octanol–water partition coefficient (Wildman–Crippen LogP) is -0.476. The van der Waals surface area contributed by atoms with Crippen molar-refractivity contribution in [2.24, 2.45) is 11.7 Å². The molecule has 2 atom stereocenters. The maximum absolute atomic E-state index is 11.6. The van der Waals surface area contributed by atoms with Crippen molar-refractivity contribution in [2.45, 2.75) is 12.5 Å². The molecule has 1 saturated heterocycles. The number of carbonyl (C=O) groups excluding carboxylic acids is 3. The van der Waals surface area contributed by atoms with Gasteiger partial charge in [0.15, 0.2) is 0 Å². The molecule has 2 aliphatic heterocycles. The number of primary amides is 1. The number of allylic oxidation sites excluding steroid dienone is 2. The van der Waals surface area contributed by atoms with Crippen molar-refractivity contribution in [3.05, 3.63) is 23.9 Å². The average Bonchev–Trinajstić information content (AvgIpc) is 2.33. The van der Waals surface area contributed by atoms with E-state index in [0.29, 0.717) is 19.3 Å². The number of rotatable bonds is 3. The molecule has 1 unspecified atom stereocenters. The SMILES string of the molecule is NC(=O)N1C(=O)[C@H](CC2=CCNC=C2)C1C=O. The Balaban J connectivity index is 2.05. The summed E-state index contributed by atoms with van der Waals surface area (Å²) in [5, 5.41) is 2.99. The van der Waals surface area contributed by atoms with Crippen molar-refractivity contribution in [1.29, 1.82) is 0 Å². The van der Waals surface area contributed by atoms with Gasteiger partial charge >= 0.3 is 6.03 Å². The highest BCUT2D eigenvalue weighted by molar-refractivity contribution is 6.05. The molecule has 0 aromatic heterocycles. The Bertz CT molecular complexity index is 428. The van der Waals surface area contributed by atoms with Crippen LogP contribution in [-0.2, 0) is 9.59 Å². The Morgan fingerprint density at radius 3 is 2.94 bits per heavy atom. The van der Waals surface area contributed by atoms with Gasteiger partial charge in [0.05, 0.1) is 5.92 Å². The number of likely N-dealkylation sites (tertiary alicyclic amines) is 1. The summed E-state index contributed by atoms with van der Waals surface area (Å²) < 4.78 is 0. The van der Waals surface area contributed by atoms with Crippen LogP contribution in [0.4, 0.5) is 4.79 Å². The standard InChI is InChI=1S/C11H13N3O3/c12-11(17)14-9(6-15)8(10(14)16)5-7-1-3-13-4-2-7/h1-3,6,8-9,13H,4-5H2,(H2,12,17)/t8-,9?/m1/s1. The van der Waals surface area contributed by atoms with E-state index in [2.05, 4.69) is 5.32 Å². The van der Waals surface area contributed by atoms with E-state index >= 15 is 0 Å². The molecule has 2 rings (SSSR count). The Kier molecular flexibility index (Phi) is 2.95. The van der Waals surface area contributed by atoms with E-state index in [0.717, 1.165) is 10.5 Å². The minimum absolute atomic E-state index is 0.373. The number of β-lactam (4-membered cyclic amide) rings is 1. The van der Waals surface area contributed by atoms with Crippen LogP contribution in [0.5, 0.6) is 0 Å². The number of dihydropyridines is 1. The first-order valence-electron chi connectivity index (χ1n) is 5.32. The fourth-order valence-corrected chi connectivity index (χ4v) is 2.09. The topological polar surface area (TPSA) is 92.5 Å². The summed E-state index contributed by atoms with van der Waals surface area (Å²) in [6.07, 6.45) is 6.65. The van der Waals surface area contributed by atoms with Crippen LogP contribution in [0.3, 0.4) is 0 Å². The van der Waals surface area contributed by atoms with Gasteiger partial charge in [0.2, 0.25) is 5.91 Å². The number of nitrogens with one attached hydrogen (secondary N) is 1. The zero-order chi connectivity index (χ0) is 12.4. The third-order valence-corrected chi connectivity index (χ3v) is 2.99. The molecule has 6 heteroatoms. The quantitative estimate of drug-likeness (QED) is 0.510. The van der Waals surface area contributed by atoms with Gasteiger partial charge in [0.25, 0.3) is 0 Å². The molecule has 0 spiro atoms. The molecular weight excluding hydrogens is 222 g/mol. The lowest BCUT2D eigenvalue weighted by Crippen LogP contribution is -2.65. The van der Waals surface area contributed by atoms with Crippen molar-refractivity contribution >= 4 is 18.2 Å². The molecular formula is C11H13N3O3. The number of amides is 3. The first-order valence-corrected chi connectivity index (χ1v) is 5.32. The van der Waals surface area contributed by atoms with Gasteiger partial charge in [0.1, 0.15) is 12.3 Å². The van der Waals surface area contributed by atoms with Crippen molar-refractivity contribution in [2.75, 3.05) is 6.54 Å². The summed E-state index contributed by atoms with van der Waals surface area (Å²) in [4.78, 5) is 34.2. The van der Waals surface area contributed by atoms with Gasteiger partial charge < -0.3 is 15.8 Å². The molecule has 6 nitrogen and oxygen atoms in total. The summed E-state index contributed by atoms with van der Waals surface area (Å²) >= 11 is 0. The van der Waals surface area contributed by atoms with Crippen molar-refractivity contribution in [1.82, 2.24) is 10.2 Å². The third-order valence-electron chi connectivity index (χ3n) is 2.99. The zero-order valence-corrected chi connectivity index (χ0v) is 9.13. The summed E-state index contributed by atoms with van der Waals surface area (Å²) in [6.45, 7) is 0.706.